The van der Waals surface area contributed by atoms with E-state index in [1.807, 2.05) is 0 Å². The molecule has 0 aromatic heterocycles. The maximum Gasteiger partial charge on any atom is 0.0136 e. The first-order valence-electron chi connectivity index (χ1n) is 6.42. The summed E-state index contributed by atoms with van der Waals surface area (Å²) >= 11 is 0. The van der Waals surface area contributed by atoms with E-state index in [4.69, 9.17) is 5.73 Å². The molecule has 1 saturated carbocycles. The van der Waals surface area contributed by atoms with Gasteiger partial charge in [0.25, 0.3) is 0 Å². The van der Waals surface area contributed by atoms with Crippen molar-refractivity contribution in [3.8, 4) is 0 Å². The lowest BCUT2D eigenvalue weighted by atomic mass is 9.93. The summed E-state index contributed by atoms with van der Waals surface area (Å²) in [5.41, 5.74) is 6.25. The van der Waals surface area contributed by atoms with E-state index >= 15 is 0 Å². The molecule has 15 heavy (non-hydrogen) atoms. The third kappa shape index (κ3) is 3.76. The molecule has 2 N–H and O–H groups in total. The number of nitrogens with zero attached hydrogens (tertiary/aromatic N) is 1. The molecule has 1 fully saturated rings. The van der Waals surface area contributed by atoms with Gasteiger partial charge in [0.15, 0.2) is 0 Å². The van der Waals surface area contributed by atoms with Crippen LogP contribution in [0.1, 0.15) is 47.0 Å². The predicted octanol–water partition coefficient (Wildman–Crippen LogP) is 2.48. The number of nitrogens with two attached hydrogens (primary N) is 1. The van der Waals surface area contributed by atoms with E-state index in [9.17, 15) is 0 Å². The van der Waals surface area contributed by atoms with Gasteiger partial charge in [0.2, 0.25) is 0 Å². The Morgan fingerprint density at radius 2 is 1.93 bits per heavy atom. The zero-order chi connectivity index (χ0) is 11.5. The minimum atomic E-state index is 0.401. The molecule has 90 valence electrons. The van der Waals surface area contributed by atoms with Gasteiger partial charge in [-0.15, -0.1) is 0 Å². The fourth-order valence-corrected chi connectivity index (χ4v) is 2.85. The summed E-state index contributed by atoms with van der Waals surface area (Å²) in [6.07, 6.45) is 4.06. The van der Waals surface area contributed by atoms with Gasteiger partial charge in [0.05, 0.1) is 0 Å². The maximum atomic E-state index is 5.85. The number of rotatable bonds is 4. The van der Waals surface area contributed by atoms with E-state index in [0.29, 0.717) is 5.41 Å². The van der Waals surface area contributed by atoms with Gasteiger partial charge >= 0.3 is 0 Å². The number of hydrogen-bond donors (Lipinski definition) is 1. The first kappa shape index (κ1) is 13.0. The lowest BCUT2D eigenvalue weighted by Gasteiger charge is -2.36. The summed E-state index contributed by atoms with van der Waals surface area (Å²) in [6, 6.07) is 0.749. The third-order valence-corrected chi connectivity index (χ3v) is 3.47. The number of hydrogen-bond acceptors (Lipinski definition) is 2. The van der Waals surface area contributed by atoms with Gasteiger partial charge in [-0.25, -0.2) is 0 Å². The van der Waals surface area contributed by atoms with E-state index in [1.165, 1.54) is 32.4 Å². The second-order valence-electron chi connectivity index (χ2n) is 6.12. The molecule has 2 nitrogen and oxygen atoms in total. The van der Waals surface area contributed by atoms with E-state index in [-0.39, 0.29) is 0 Å². The highest BCUT2D eigenvalue weighted by atomic mass is 15.2. The largest absolute Gasteiger partial charge is 0.330 e. The van der Waals surface area contributed by atoms with Crippen LogP contribution < -0.4 is 5.73 Å². The van der Waals surface area contributed by atoms with Gasteiger partial charge < -0.3 is 5.73 Å². The molecule has 2 unspecified atom stereocenters. The van der Waals surface area contributed by atoms with E-state index in [1.54, 1.807) is 0 Å². The summed E-state index contributed by atoms with van der Waals surface area (Å²) in [6.45, 7) is 12.5. The molecule has 0 saturated heterocycles. The molecular weight excluding hydrogens is 184 g/mol. The van der Waals surface area contributed by atoms with Crippen LogP contribution in [-0.2, 0) is 0 Å². The van der Waals surface area contributed by atoms with Crippen LogP contribution in [0.25, 0.3) is 0 Å². The zero-order valence-electron chi connectivity index (χ0n) is 10.9. The average Bonchev–Trinajstić information content (AvgIpc) is 2.60. The second-order valence-corrected chi connectivity index (χ2v) is 6.12. The Hall–Kier alpha value is -0.0800. The second kappa shape index (κ2) is 5.31. The summed E-state index contributed by atoms with van der Waals surface area (Å²) < 4.78 is 0. The molecule has 2 atom stereocenters. The Kier molecular flexibility index (Phi) is 4.60. The molecule has 0 heterocycles. The van der Waals surface area contributed by atoms with Gasteiger partial charge in [-0.3, -0.25) is 4.90 Å². The van der Waals surface area contributed by atoms with Gasteiger partial charge in [-0.05, 0) is 37.3 Å². The highest BCUT2D eigenvalue weighted by molar-refractivity contribution is 4.87. The minimum absolute atomic E-state index is 0.401. The molecule has 1 rings (SSSR count). The molecule has 0 aromatic rings. The molecule has 0 aromatic carbocycles. The van der Waals surface area contributed by atoms with Crippen LogP contribution in [-0.4, -0.2) is 30.6 Å². The quantitative estimate of drug-likeness (QED) is 0.776. The first-order valence-corrected chi connectivity index (χ1v) is 6.42. The van der Waals surface area contributed by atoms with Crippen molar-refractivity contribution >= 4 is 0 Å². The van der Waals surface area contributed by atoms with Gasteiger partial charge in [0.1, 0.15) is 0 Å². The highest BCUT2D eigenvalue weighted by Gasteiger charge is 2.31. The lowest BCUT2D eigenvalue weighted by molar-refractivity contribution is 0.121. The highest BCUT2D eigenvalue weighted by Crippen LogP contribution is 2.31. The average molecular weight is 212 g/mol. The van der Waals surface area contributed by atoms with Crippen molar-refractivity contribution in [2.24, 2.45) is 17.1 Å². The van der Waals surface area contributed by atoms with Crippen molar-refractivity contribution in [2.45, 2.75) is 53.0 Å². The van der Waals surface area contributed by atoms with Crippen LogP contribution in [0.2, 0.25) is 0 Å². The Bertz CT molecular complexity index is 183. The Morgan fingerprint density at radius 3 is 2.40 bits per heavy atom. The molecule has 2 heteroatoms. The van der Waals surface area contributed by atoms with Crippen LogP contribution in [0.4, 0.5) is 0 Å². The molecule has 0 spiro atoms. The molecule has 1 aliphatic rings. The van der Waals surface area contributed by atoms with Crippen molar-refractivity contribution in [2.75, 3.05) is 19.6 Å². The van der Waals surface area contributed by atoms with Crippen LogP contribution in [0.3, 0.4) is 0 Å². The SMILES string of the molecule is CCN(CC(C)(C)C)C1CCCC1CN. The van der Waals surface area contributed by atoms with Crippen molar-refractivity contribution in [1.29, 1.82) is 0 Å². The Balaban J connectivity index is 2.57. The monoisotopic (exact) mass is 212 g/mol. The smallest absolute Gasteiger partial charge is 0.0136 e. The Morgan fingerprint density at radius 1 is 1.27 bits per heavy atom. The normalized spacial score (nSPS) is 27.6. The lowest BCUT2D eigenvalue weighted by Crippen LogP contribution is -2.44. The first-order chi connectivity index (χ1) is 6.98. The zero-order valence-corrected chi connectivity index (χ0v) is 10.9. The minimum Gasteiger partial charge on any atom is -0.330 e. The van der Waals surface area contributed by atoms with Crippen LogP contribution >= 0.6 is 0 Å². The van der Waals surface area contributed by atoms with Crippen molar-refractivity contribution in [3.63, 3.8) is 0 Å². The summed E-state index contributed by atoms with van der Waals surface area (Å²) in [4.78, 5) is 2.64. The molecule has 1 aliphatic carbocycles. The maximum absolute atomic E-state index is 5.85. The fourth-order valence-electron chi connectivity index (χ4n) is 2.85. The molecular formula is C13H28N2. The molecule has 0 amide bonds. The van der Waals surface area contributed by atoms with Crippen LogP contribution in [0.15, 0.2) is 0 Å². The predicted molar refractivity (Wildman–Crippen MR) is 66.9 cm³/mol. The molecule has 0 radical (unpaired) electrons. The van der Waals surface area contributed by atoms with Crippen molar-refractivity contribution in [3.05, 3.63) is 0 Å². The fraction of sp³-hybridized carbons (Fsp3) is 1.00. The van der Waals surface area contributed by atoms with Crippen LogP contribution in [0, 0.1) is 11.3 Å². The van der Waals surface area contributed by atoms with E-state index in [2.05, 4.69) is 32.6 Å². The van der Waals surface area contributed by atoms with Gasteiger partial charge in [0, 0.05) is 12.6 Å². The standard InChI is InChI=1S/C13H28N2/c1-5-15(10-13(2,3)4)12-8-6-7-11(12)9-14/h11-12H,5-10,14H2,1-4H3. The van der Waals surface area contributed by atoms with Gasteiger partial charge in [-0.2, -0.15) is 0 Å². The van der Waals surface area contributed by atoms with Gasteiger partial charge in [-0.1, -0.05) is 34.1 Å². The van der Waals surface area contributed by atoms with E-state index < -0.39 is 0 Å². The summed E-state index contributed by atoms with van der Waals surface area (Å²) in [5.74, 6) is 0.743. The summed E-state index contributed by atoms with van der Waals surface area (Å²) in [5, 5.41) is 0. The topological polar surface area (TPSA) is 29.3 Å². The summed E-state index contributed by atoms with van der Waals surface area (Å²) in [7, 11) is 0. The molecule has 0 bridgehead atoms. The van der Waals surface area contributed by atoms with E-state index in [0.717, 1.165) is 18.5 Å². The van der Waals surface area contributed by atoms with Crippen molar-refractivity contribution < 1.29 is 0 Å². The third-order valence-electron chi connectivity index (χ3n) is 3.47. The van der Waals surface area contributed by atoms with Crippen LogP contribution in [0.5, 0.6) is 0 Å². The van der Waals surface area contributed by atoms with Crippen molar-refractivity contribution in [1.82, 2.24) is 4.90 Å². The molecule has 0 aliphatic heterocycles. The Labute approximate surface area is 95.2 Å².